The third-order valence-electron chi connectivity index (χ3n) is 2.32. The second kappa shape index (κ2) is 7.44. The van der Waals surface area contributed by atoms with Crippen molar-refractivity contribution in [2.75, 3.05) is 4.31 Å². The summed E-state index contributed by atoms with van der Waals surface area (Å²) >= 11 is 5.96. The van der Waals surface area contributed by atoms with Gasteiger partial charge in [-0.1, -0.05) is 0 Å². The molecular weight excluding hydrogens is 293 g/mol. The number of thiol groups is 2. The van der Waals surface area contributed by atoms with Gasteiger partial charge < -0.3 is 4.55 Å². The van der Waals surface area contributed by atoms with Crippen molar-refractivity contribution in [3.05, 3.63) is 48.5 Å². The van der Waals surface area contributed by atoms with Gasteiger partial charge in [-0.15, -0.1) is 25.3 Å². The van der Waals surface area contributed by atoms with Gasteiger partial charge in [0, 0.05) is 28.7 Å². The zero-order valence-corrected chi connectivity index (χ0v) is 12.8. The predicted molar refractivity (Wildman–Crippen MR) is 84.2 cm³/mol. The Kier molecular flexibility index (Phi) is 6.54. The normalized spacial score (nSPS) is 11.5. The molecule has 0 aromatic heterocycles. The van der Waals surface area contributed by atoms with Crippen LogP contribution >= 0.6 is 25.3 Å². The summed E-state index contributed by atoms with van der Waals surface area (Å²) in [5, 5.41) is 0. The van der Waals surface area contributed by atoms with E-state index in [0.29, 0.717) is 11.4 Å². The minimum Gasteiger partial charge on any atom is -0.755 e. The Morgan fingerprint density at radius 1 is 0.842 bits per heavy atom. The first-order valence-electron chi connectivity index (χ1n) is 5.05. The van der Waals surface area contributed by atoms with Crippen molar-refractivity contribution in [2.24, 2.45) is 0 Å². The number of hydrogen-bond donors (Lipinski definition) is 2. The minimum atomic E-state index is -2.39. The standard InChI is InChI=1S/C12H11NO2S3.Li/c14-18(15)13(9-1-5-11(16)6-2-9)10-3-7-12(17)8-4-10;/h1-8,16-17H,(H,14,15);/p-1. The first-order valence-corrected chi connectivity index (χ1v) is 6.98. The van der Waals surface area contributed by atoms with Crippen molar-refractivity contribution in [1.82, 2.24) is 0 Å². The second-order valence-corrected chi connectivity index (χ2v) is 5.38. The van der Waals surface area contributed by atoms with E-state index in [4.69, 9.17) is 0 Å². The maximum absolute atomic E-state index is 11.4. The van der Waals surface area contributed by atoms with Gasteiger partial charge in [-0.3, -0.25) is 8.51 Å². The van der Waals surface area contributed by atoms with Crippen LogP contribution in [0.15, 0.2) is 58.3 Å². The van der Waals surface area contributed by atoms with E-state index < -0.39 is 11.3 Å². The molecule has 1 unspecified atom stereocenters. The van der Waals surface area contributed by atoms with Crippen LogP contribution in [0.1, 0.15) is 0 Å². The van der Waals surface area contributed by atoms with Crippen LogP contribution in [-0.4, -0.2) is 27.6 Å². The van der Waals surface area contributed by atoms with Crippen molar-refractivity contribution in [3.63, 3.8) is 0 Å². The van der Waals surface area contributed by atoms with Crippen molar-refractivity contribution in [3.8, 4) is 0 Å². The molecule has 0 spiro atoms. The predicted octanol–water partition coefficient (Wildman–Crippen LogP) is 2.82. The Labute approximate surface area is 137 Å². The third kappa shape index (κ3) is 4.31. The Balaban J connectivity index is 0.00000180. The Bertz CT molecular complexity index is 515. The minimum absolute atomic E-state index is 0. The molecule has 3 nitrogen and oxygen atoms in total. The molecule has 1 radical (unpaired) electrons. The van der Waals surface area contributed by atoms with Crippen LogP contribution in [0.3, 0.4) is 0 Å². The first kappa shape index (κ1) is 16.7. The fraction of sp³-hybridized carbons (Fsp3) is 0. The summed E-state index contributed by atoms with van der Waals surface area (Å²) in [6, 6.07) is 13.8. The number of anilines is 2. The van der Waals surface area contributed by atoms with E-state index in [1.54, 1.807) is 48.5 Å². The van der Waals surface area contributed by atoms with Crippen LogP contribution < -0.4 is 4.31 Å². The molecule has 2 rings (SSSR count). The summed E-state index contributed by atoms with van der Waals surface area (Å²) in [6.45, 7) is 0. The molecule has 2 aromatic rings. The van der Waals surface area contributed by atoms with Crippen LogP contribution in [0.4, 0.5) is 11.4 Å². The molecule has 19 heavy (non-hydrogen) atoms. The van der Waals surface area contributed by atoms with E-state index in [1.807, 2.05) is 0 Å². The monoisotopic (exact) mass is 303 g/mol. The van der Waals surface area contributed by atoms with E-state index in [1.165, 1.54) is 4.31 Å². The number of rotatable bonds is 3. The topological polar surface area (TPSA) is 43.4 Å². The average Bonchev–Trinajstić information content (AvgIpc) is 2.34. The molecular formula is C12H10LiNO2S3-. The summed E-state index contributed by atoms with van der Waals surface area (Å²) in [5.74, 6) is 0. The van der Waals surface area contributed by atoms with Crippen LogP contribution in [0.2, 0.25) is 0 Å². The third-order valence-corrected chi connectivity index (χ3v) is 3.63. The van der Waals surface area contributed by atoms with E-state index in [2.05, 4.69) is 25.3 Å². The van der Waals surface area contributed by atoms with Gasteiger partial charge in [0.1, 0.15) is 0 Å². The number of hydrogen-bond acceptors (Lipinski definition) is 4. The molecule has 0 aliphatic carbocycles. The molecule has 0 saturated carbocycles. The SMILES string of the molecule is O=S([O-])N(c1ccc(S)cc1)c1ccc(S)cc1.[Li]. The van der Waals surface area contributed by atoms with Gasteiger partial charge in [-0.25, -0.2) is 0 Å². The van der Waals surface area contributed by atoms with Gasteiger partial charge in [0.25, 0.3) is 0 Å². The Morgan fingerprint density at radius 2 is 1.16 bits per heavy atom. The summed E-state index contributed by atoms with van der Waals surface area (Å²) in [7, 11) is 0. The molecule has 0 amide bonds. The van der Waals surface area contributed by atoms with Gasteiger partial charge >= 0.3 is 0 Å². The molecule has 0 heterocycles. The molecule has 2 aromatic carbocycles. The molecule has 0 aliphatic rings. The summed E-state index contributed by atoms with van der Waals surface area (Å²) in [6.07, 6.45) is 0. The molecule has 0 N–H and O–H groups in total. The van der Waals surface area contributed by atoms with E-state index in [-0.39, 0.29) is 18.9 Å². The first-order chi connectivity index (χ1) is 8.58. The van der Waals surface area contributed by atoms with E-state index >= 15 is 0 Å². The summed E-state index contributed by atoms with van der Waals surface area (Å²) in [4.78, 5) is 1.56. The van der Waals surface area contributed by atoms with Crippen molar-refractivity contribution < 1.29 is 8.76 Å². The van der Waals surface area contributed by atoms with Gasteiger partial charge in [-0.2, -0.15) is 0 Å². The molecule has 0 saturated heterocycles. The van der Waals surface area contributed by atoms with Crippen LogP contribution in [0.25, 0.3) is 0 Å². The molecule has 0 aliphatic heterocycles. The van der Waals surface area contributed by atoms with Gasteiger partial charge in [0.15, 0.2) is 0 Å². The zero-order chi connectivity index (χ0) is 13.1. The second-order valence-electron chi connectivity index (χ2n) is 3.54. The smallest absolute Gasteiger partial charge is 0.0538 e. The summed E-state index contributed by atoms with van der Waals surface area (Å²) < 4.78 is 23.9. The Morgan fingerprint density at radius 3 is 1.42 bits per heavy atom. The number of benzene rings is 2. The van der Waals surface area contributed by atoms with E-state index in [9.17, 15) is 8.76 Å². The largest absolute Gasteiger partial charge is 0.755 e. The van der Waals surface area contributed by atoms with Gasteiger partial charge in [0.2, 0.25) is 0 Å². The molecule has 0 fully saturated rings. The van der Waals surface area contributed by atoms with Crippen LogP contribution in [-0.2, 0) is 11.3 Å². The maximum Gasteiger partial charge on any atom is 0.0538 e. The molecule has 95 valence electrons. The van der Waals surface area contributed by atoms with Crippen molar-refractivity contribution in [2.45, 2.75) is 9.79 Å². The van der Waals surface area contributed by atoms with Crippen LogP contribution in [0, 0.1) is 0 Å². The van der Waals surface area contributed by atoms with Crippen molar-refractivity contribution >= 4 is 66.8 Å². The molecule has 0 bridgehead atoms. The summed E-state index contributed by atoms with van der Waals surface area (Å²) in [5.41, 5.74) is 1.13. The molecule has 1 atom stereocenters. The average molecular weight is 303 g/mol. The fourth-order valence-electron chi connectivity index (χ4n) is 1.50. The quantitative estimate of drug-likeness (QED) is 0.520. The molecule has 7 heteroatoms. The maximum atomic E-state index is 11.4. The Hall–Kier alpha value is -0.353. The van der Waals surface area contributed by atoms with E-state index in [0.717, 1.165) is 9.79 Å². The fourth-order valence-corrected chi connectivity index (χ4v) is 2.38. The van der Waals surface area contributed by atoms with Crippen molar-refractivity contribution in [1.29, 1.82) is 0 Å². The number of nitrogens with zero attached hydrogens (tertiary/aromatic N) is 1. The zero-order valence-electron chi connectivity index (χ0n) is 10.2. The van der Waals surface area contributed by atoms with Gasteiger partial charge in [-0.05, 0) is 48.5 Å². The van der Waals surface area contributed by atoms with Crippen LogP contribution in [0.5, 0.6) is 0 Å². The van der Waals surface area contributed by atoms with Gasteiger partial charge in [0.05, 0.1) is 22.6 Å².